The van der Waals surface area contributed by atoms with E-state index in [4.69, 9.17) is 11.2 Å². The summed E-state index contributed by atoms with van der Waals surface area (Å²) >= 11 is 0. The van der Waals surface area contributed by atoms with E-state index in [1.165, 1.54) is 0 Å². The zero-order valence-electron chi connectivity index (χ0n) is 12.1. The van der Waals surface area contributed by atoms with Gasteiger partial charge in [0.05, 0.1) is 12.2 Å². The lowest BCUT2D eigenvalue weighted by molar-refractivity contribution is -0.00842. The van der Waals surface area contributed by atoms with E-state index < -0.39 is 6.10 Å². The van der Waals surface area contributed by atoms with Crippen molar-refractivity contribution >= 4 is 0 Å². The molecule has 0 aromatic heterocycles. The van der Waals surface area contributed by atoms with Gasteiger partial charge < -0.3 is 9.84 Å². The minimum Gasteiger partial charge on any atom is -0.392 e. The normalized spacial score (nSPS) is 22.0. The average Bonchev–Trinajstić information content (AvgIpc) is 2.36. The zero-order chi connectivity index (χ0) is 13.6. The van der Waals surface area contributed by atoms with Crippen LogP contribution in [0.3, 0.4) is 0 Å². The summed E-state index contributed by atoms with van der Waals surface area (Å²) in [4.78, 5) is 0. The van der Waals surface area contributed by atoms with Crippen LogP contribution in [0.5, 0.6) is 0 Å². The molecule has 2 nitrogen and oxygen atoms in total. The molecule has 0 amide bonds. The summed E-state index contributed by atoms with van der Waals surface area (Å²) in [5.41, 5.74) is 0. The maximum absolute atomic E-state index is 10.1. The van der Waals surface area contributed by atoms with E-state index in [1.807, 2.05) is 6.92 Å². The van der Waals surface area contributed by atoms with Crippen molar-refractivity contribution in [2.24, 2.45) is 23.7 Å². The molecule has 0 aromatic carbocycles. The zero-order valence-corrected chi connectivity index (χ0v) is 12.1. The summed E-state index contributed by atoms with van der Waals surface area (Å²) in [5, 5.41) is 10.1. The van der Waals surface area contributed by atoms with E-state index in [2.05, 4.69) is 33.6 Å². The number of terminal acetylenes is 1. The van der Waals surface area contributed by atoms with Crippen LogP contribution < -0.4 is 0 Å². The van der Waals surface area contributed by atoms with Crippen LogP contribution in [0.4, 0.5) is 0 Å². The van der Waals surface area contributed by atoms with Gasteiger partial charge in [0, 0.05) is 13.0 Å². The number of hydrogen-bond donors (Lipinski definition) is 1. The van der Waals surface area contributed by atoms with Gasteiger partial charge in [-0.25, -0.2) is 0 Å². The van der Waals surface area contributed by atoms with Gasteiger partial charge in [0.15, 0.2) is 0 Å². The Hall–Kier alpha value is -0.520. The lowest BCUT2D eigenvalue weighted by atomic mass is 9.76. The molecule has 0 rings (SSSR count). The molecule has 0 saturated heterocycles. The first-order valence-electron chi connectivity index (χ1n) is 6.57. The fraction of sp³-hybridized carbons (Fsp3) is 0.867. The summed E-state index contributed by atoms with van der Waals surface area (Å²) < 4.78 is 5.48. The third-order valence-electron chi connectivity index (χ3n) is 4.26. The molecule has 0 bridgehead atoms. The minimum atomic E-state index is -0.438. The second kappa shape index (κ2) is 7.74. The molecule has 0 aliphatic heterocycles. The van der Waals surface area contributed by atoms with Gasteiger partial charge in [-0.15, -0.1) is 12.3 Å². The van der Waals surface area contributed by atoms with E-state index in [9.17, 15) is 5.11 Å². The molecule has 0 aromatic rings. The first-order chi connectivity index (χ1) is 7.90. The third-order valence-corrected chi connectivity index (χ3v) is 4.26. The Kier molecular flexibility index (Phi) is 7.50. The van der Waals surface area contributed by atoms with Crippen molar-refractivity contribution in [1.82, 2.24) is 0 Å². The monoisotopic (exact) mass is 240 g/mol. The van der Waals surface area contributed by atoms with Gasteiger partial charge in [0.25, 0.3) is 0 Å². The van der Waals surface area contributed by atoms with Crippen LogP contribution in [0.2, 0.25) is 0 Å². The molecule has 0 heterocycles. The van der Waals surface area contributed by atoms with Crippen LogP contribution in [-0.2, 0) is 4.74 Å². The number of aliphatic hydroxyl groups excluding tert-OH is 1. The summed E-state index contributed by atoms with van der Waals surface area (Å²) in [5.74, 6) is 3.50. The predicted octanol–water partition coefficient (Wildman–Crippen LogP) is 2.95. The number of rotatable bonds is 7. The highest BCUT2D eigenvalue weighted by Gasteiger charge is 2.31. The quantitative estimate of drug-likeness (QED) is 0.693. The van der Waals surface area contributed by atoms with Crippen molar-refractivity contribution in [3.63, 3.8) is 0 Å². The van der Waals surface area contributed by atoms with E-state index >= 15 is 0 Å². The Bertz CT molecular complexity index is 240. The molecule has 2 heteroatoms. The van der Waals surface area contributed by atoms with Gasteiger partial charge in [-0.05, 0) is 31.1 Å². The molecule has 0 saturated carbocycles. The summed E-state index contributed by atoms with van der Waals surface area (Å²) in [6.07, 6.45) is 6.17. The number of hydrogen-bond acceptors (Lipinski definition) is 2. The molecule has 6 atom stereocenters. The Morgan fingerprint density at radius 3 is 2.00 bits per heavy atom. The highest BCUT2D eigenvalue weighted by molar-refractivity contribution is 4.96. The van der Waals surface area contributed by atoms with E-state index in [1.54, 1.807) is 7.11 Å². The van der Waals surface area contributed by atoms with Crippen molar-refractivity contribution in [3.8, 4) is 12.3 Å². The minimum absolute atomic E-state index is 0.0951. The van der Waals surface area contributed by atoms with Gasteiger partial charge in [0.2, 0.25) is 0 Å². The van der Waals surface area contributed by atoms with Crippen LogP contribution in [0.25, 0.3) is 0 Å². The molecule has 0 spiro atoms. The predicted molar refractivity (Wildman–Crippen MR) is 72.6 cm³/mol. The molecule has 0 fully saturated rings. The topological polar surface area (TPSA) is 29.5 Å². The SMILES string of the molecule is C#C[C@H](C)[C@@H](O)[C@H](C)[C@@H](C)[C@H](C)[C@H](CC)OC. The molecule has 100 valence electrons. The fourth-order valence-electron chi connectivity index (χ4n) is 2.44. The van der Waals surface area contributed by atoms with Crippen molar-refractivity contribution in [2.75, 3.05) is 7.11 Å². The highest BCUT2D eigenvalue weighted by Crippen LogP contribution is 2.30. The van der Waals surface area contributed by atoms with E-state index in [0.717, 1.165) is 6.42 Å². The maximum Gasteiger partial charge on any atom is 0.0702 e. The Labute approximate surface area is 107 Å². The molecule has 17 heavy (non-hydrogen) atoms. The van der Waals surface area contributed by atoms with Gasteiger partial charge in [-0.3, -0.25) is 0 Å². The summed E-state index contributed by atoms with van der Waals surface area (Å²) in [6, 6.07) is 0. The van der Waals surface area contributed by atoms with E-state index in [-0.39, 0.29) is 17.9 Å². The van der Waals surface area contributed by atoms with Gasteiger partial charge in [0.1, 0.15) is 0 Å². The third kappa shape index (κ3) is 4.33. The Morgan fingerprint density at radius 2 is 1.65 bits per heavy atom. The largest absolute Gasteiger partial charge is 0.392 e. The van der Waals surface area contributed by atoms with Gasteiger partial charge >= 0.3 is 0 Å². The molecule has 0 aliphatic carbocycles. The molecule has 0 unspecified atom stereocenters. The second-order valence-corrected chi connectivity index (χ2v) is 5.21. The fourth-order valence-corrected chi connectivity index (χ4v) is 2.44. The van der Waals surface area contributed by atoms with Crippen LogP contribution in [0.15, 0.2) is 0 Å². The van der Waals surface area contributed by atoms with Gasteiger partial charge in [-0.1, -0.05) is 27.7 Å². The van der Waals surface area contributed by atoms with Crippen molar-refractivity contribution in [1.29, 1.82) is 0 Å². The van der Waals surface area contributed by atoms with Gasteiger partial charge in [-0.2, -0.15) is 0 Å². The molecule has 0 radical (unpaired) electrons. The van der Waals surface area contributed by atoms with Crippen molar-refractivity contribution in [2.45, 2.75) is 53.2 Å². The lowest BCUT2D eigenvalue weighted by Gasteiger charge is -2.34. The Balaban J connectivity index is 4.58. The number of aliphatic hydroxyl groups is 1. The molecule has 0 aliphatic rings. The van der Waals surface area contributed by atoms with Crippen molar-refractivity contribution < 1.29 is 9.84 Å². The van der Waals surface area contributed by atoms with Crippen LogP contribution in [0.1, 0.15) is 41.0 Å². The number of ether oxygens (including phenoxy) is 1. The molecular weight excluding hydrogens is 212 g/mol. The highest BCUT2D eigenvalue weighted by atomic mass is 16.5. The Morgan fingerprint density at radius 1 is 1.12 bits per heavy atom. The first kappa shape index (κ1) is 16.5. The lowest BCUT2D eigenvalue weighted by Crippen LogP contribution is -2.36. The molecule has 1 N–H and O–H groups in total. The second-order valence-electron chi connectivity index (χ2n) is 5.21. The molecular formula is C15H28O2. The average molecular weight is 240 g/mol. The summed E-state index contributed by atoms with van der Waals surface area (Å²) in [6.45, 7) is 10.5. The van der Waals surface area contributed by atoms with Crippen molar-refractivity contribution in [3.05, 3.63) is 0 Å². The van der Waals surface area contributed by atoms with Crippen LogP contribution in [-0.4, -0.2) is 24.4 Å². The smallest absolute Gasteiger partial charge is 0.0702 e. The number of methoxy groups -OCH3 is 1. The maximum atomic E-state index is 10.1. The summed E-state index contributed by atoms with van der Waals surface area (Å²) in [7, 11) is 1.75. The van der Waals surface area contributed by atoms with Crippen LogP contribution in [0, 0.1) is 36.0 Å². The van der Waals surface area contributed by atoms with E-state index in [0.29, 0.717) is 11.8 Å². The standard InChI is InChI=1S/C15H28O2/c1-8-10(3)15(16)13(6)11(4)12(5)14(9-2)17-7/h1,10-16H,9H2,2-7H3/t10-,11-,12-,13+,14-,15+/m0/s1. The van der Waals surface area contributed by atoms with Crippen LogP contribution >= 0.6 is 0 Å². The first-order valence-corrected chi connectivity index (χ1v) is 6.57.